The zero-order valence-corrected chi connectivity index (χ0v) is 17.4. The van der Waals surface area contributed by atoms with Gasteiger partial charge in [0, 0.05) is 31.0 Å². The average molecular weight is 430 g/mol. The van der Waals surface area contributed by atoms with Crippen LogP contribution < -0.4 is 15.4 Å². The van der Waals surface area contributed by atoms with E-state index in [9.17, 15) is 4.79 Å². The van der Waals surface area contributed by atoms with Crippen LogP contribution in [-0.2, 0) is 4.74 Å². The van der Waals surface area contributed by atoms with E-state index in [1.807, 2.05) is 37.3 Å². The van der Waals surface area contributed by atoms with Crippen molar-refractivity contribution in [3.63, 3.8) is 0 Å². The molecule has 1 unspecified atom stereocenters. The molecule has 1 aliphatic rings. The molecule has 0 spiro atoms. The fourth-order valence-electron chi connectivity index (χ4n) is 3.09. The number of morpholine rings is 1. The molecule has 158 valence electrons. The van der Waals surface area contributed by atoms with Crippen LogP contribution in [0.2, 0.25) is 0 Å². The van der Waals surface area contributed by atoms with Crippen LogP contribution in [0.1, 0.15) is 28.9 Å². The molecule has 0 radical (unpaired) electrons. The maximum atomic E-state index is 12.6. The smallest absolute Gasteiger partial charge is 0.258 e. The van der Waals surface area contributed by atoms with E-state index in [0.29, 0.717) is 36.2 Å². The second kappa shape index (κ2) is 10.2. The zero-order chi connectivity index (χ0) is 20.1. The maximum Gasteiger partial charge on any atom is 0.258 e. The standard InChI is InChI=1S/C21H23N5O3.ClH/c1-2-28-20-5-3-4-19(25-20)26-14-16(12-23-26)21(27)24-17-8-6-15(7-9-17)18-13-22-10-11-29-18;/h3-9,12,14,18,22H,2,10-11,13H2,1H3,(H,24,27);1H. The van der Waals surface area contributed by atoms with E-state index in [0.717, 1.165) is 18.7 Å². The summed E-state index contributed by atoms with van der Waals surface area (Å²) in [6.07, 6.45) is 3.20. The number of nitrogens with one attached hydrogen (secondary N) is 2. The second-order valence-corrected chi connectivity index (χ2v) is 6.58. The Labute approximate surface area is 181 Å². The minimum atomic E-state index is -0.236. The molecule has 9 heteroatoms. The van der Waals surface area contributed by atoms with Gasteiger partial charge in [0.2, 0.25) is 5.88 Å². The number of carbonyl (C=O) groups excluding carboxylic acids is 1. The number of nitrogens with zero attached hydrogens (tertiary/aromatic N) is 3. The highest BCUT2D eigenvalue weighted by molar-refractivity contribution is 6.03. The number of hydrogen-bond donors (Lipinski definition) is 2. The van der Waals surface area contributed by atoms with Crippen molar-refractivity contribution in [2.75, 3.05) is 31.6 Å². The predicted molar refractivity (Wildman–Crippen MR) is 116 cm³/mol. The van der Waals surface area contributed by atoms with Crippen LogP contribution >= 0.6 is 12.4 Å². The van der Waals surface area contributed by atoms with Crippen LogP contribution in [0, 0.1) is 0 Å². The molecule has 2 N–H and O–H groups in total. The molecule has 1 aromatic carbocycles. The Hall–Kier alpha value is -2.94. The lowest BCUT2D eigenvalue weighted by molar-refractivity contribution is 0.0277. The first kappa shape index (κ1) is 21.8. The lowest BCUT2D eigenvalue weighted by Gasteiger charge is -2.24. The number of rotatable bonds is 6. The molecule has 0 saturated carbocycles. The lowest BCUT2D eigenvalue weighted by atomic mass is 10.1. The fourth-order valence-corrected chi connectivity index (χ4v) is 3.09. The first-order chi connectivity index (χ1) is 14.2. The number of ether oxygens (including phenoxy) is 2. The molecule has 3 heterocycles. The topological polar surface area (TPSA) is 90.3 Å². The molecule has 8 nitrogen and oxygen atoms in total. The van der Waals surface area contributed by atoms with Crippen molar-refractivity contribution in [3.8, 4) is 11.7 Å². The van der Waals surface area contributed by atoms with Crippen molar-refractivity contribution in [1.82, 2.24) is 20.1 Å². The minimum absolute atomic E-state index is 0. The fraction of sp³-hybridized carbons (Fsp3) is 0.286. The number of benzene rings is 1. The van der Waals surface area contributed by atoms with Gasteiger partial charge in [-0.2, -0.15) is 10.1 Å². The highest BCUT2D eigenvalue weighted by Crippen LogP contribution is 2.21. The summed E-state index contributed by atoms with van der Waals surface area (Å²) in [6, 6.07) is 13.1. The van der Waals surface area contributed by atoms with E-state index in [4.69, 9.17) is 9.47 Å². The Morgan fingerprint density at radius 3 is 2.87 bits per heavy atom. The third-order valence-corrected chi connectivity index (χ3v) is 4.55. The van der Waals surface area contributed by atoms with Crippen LogP contribution in [0.4, 0.5) is 5.69 Å². The van der Waals surface area contributed by atoms with Gasteiger partial charge in [0.25, 0.3) is 5.91 Å². The van der Waals surface area contributed by atoms with Crippen molar-refractivity contribution in [1.29, 1.82) is 0 Å². The number of hydrogen-bond acceptors (Lipinski definition) is 6. The first-order valence-corrected chi connectivity index (χ1v) is 9.61. The summed E-state index contributed by atoms with van der Waals surface area (Å²) in [7, 11) is 0. The van der Waals surface area contributed by atoms with Crippen LogP contribution in [0.3, 0.4) is 0 Å². The molecule has 1 atom stereocenters. The van der Waals surface area contributed by atoms with Gasteiger partial charge in [0.1, 0.15) is 0 Å². The monoisotopic (exact) mass is 429 g/mol. The molecular weight excluding hydrogens is 406 g/mol. The SMILES string of the molecule is CCOc1cccc(-n2cc(C(=O)Nc3ccc(C4CNCCO4)cc3)cn2)n1.Cl. The van der Waals surface area contributed by atoms with E-state index in [1.165, 1.54) is 6.20 Å². The zero-order valence-electron chi connectivity index (χ0n) is 16.6. The Kier molecular flexibility index (Phi) is 7.40. The van der Waals surface area contributed by atoms with Gasteiger partial charge in [-0.25, -0.2) is 4.68 Å². The predicted octanol–water partition coefficient (Wildman–Crippen LogP) is 3.00. The number of aromatic nitrogens is 3. The Morgan fingerprint density at radius 2 is 2.13 bits per heavy atom. The third-order valence-electron chi connectivity index (χ3n) is 4.55. The quantitative estimate of drug-likeness (QED) is 0.626. The molecule has 1 saturated heterocycles. The highest BCUT2D eigenvalue weighted by Gasteiger charge is 2.16. The van der Waals surface area contributed by atoms with Crippen LogP contribution in [0.25, 0.3) is 5.82 Å². The molecule has 4 rings (SSSR count). The largest absolute Gasteiger partial charge is 0.478 e. The van der Waals surface area contributed by atoms with Gasteiger partial charge < -0.3 is 20.1 Å². The summed E-state index contributed by atoms with van der Waals surface area (Å²) in [5, 5.41) is 10.4. The first-order valence-electron chi connectivity index (χ1n) is 9.61. The van der Waals surface area contributed by atoms with Crippen molar-refractivity contribution in [2.45, 2.75) is 13.0 Å². The molecule has 0 aliphatic carbocycles. The van der Waals surface area contributed by atoms with Gasteiger partial charge in [-0.1, -0.05) is 18.2 Å². The number of anilines is 1. The van der Waals surface area contributed by atoms with Crippen molar-refractivity contribution < 1.29 is 14.3 Å². The van der Waals surface area contributed by atoms with Crippen LogP contribution in [0.15, 0.2) is 54.9 Å². The number of amides is 1. The van der Waals surface area contributed by atoms with E-state index >= 15 is 0 Å². The molecule has 1 aliphatic heterocycles. The summed E-state index contributed by atoms with van der Waals surface area (Å²) in [4.78, 5) is 16.9. The van der Waals surface area contributed by atoms with E-state index < -0.39 is 0 Å². The Morgan fingerprint density at radius 1 is 1.30 bits per heavy atom. The summed E-state index contributed by atoms with van der Waals surface area (Å²) < 4.78 is 12.7. The van der Waals surface area contributed by atoms with Gasteiger partial charge in [-0.15, -0.1) is 12.4 Å². The number of halogens is 1. The van der Waals surface area contributed by atoms with Crippen molar-refractivity contribution in [3.05, 3.63) is 66.0 Å². The summed E-state index contributed by atoms with van der Waals surface area (Å²) >= 11 is 0. The minimum Gasteiger partial charge on any atom is -0.478 e. The van der Waals surface area contributed by atoms with E-state index in [1.54, 1.807) is 23.0 Å². The molecule has 30 heavy (non-hydrogen) atoms. The summed E-state index contributed by atoms with van der Waals surface area (Å²) in [5.74, 6) is 0.865. The Bertz CT molecular complexity index is 971. The number of carbonyl (C=O) groups is 1. The van der Waals surface area contributed by atoms with Crippen molar-refractivity contribution in [2.24, 2.45) is 0 Å². The van der Waals surface area contributed by atoms with Gasteiger partial charge in [-0.3, -0.25) is 4.79 Å². The van der Waals surface area contributed by atoms with Gasteiger partial charge in [-0.05, 0) is 30.7 Å². The molecule has 3 aromatic rings. The average Bonchev–Trinajstić information content (AvgIpc) is 3.26. The summed E-state index contributed by atoms with van der Waals surface area (Å²) in [6.45, 7) is 4.81. The van der Waals surface area contributed by atoms with E-state index in [-0.39, 0.29) is 24.4 Å². The normalized spacial score (nSPS) is 15.8. The van der Waals surface area contributed by atoms with Crippen LogP contribution in [-0.4, -0.2) is 47.0 Å². The second-order valence-electron chi connectivity index (χ2n) is 6.58. The maximum absolute atomic E-state index is 12.6. The third kappa shape index (κ3) is 5.15. The van der Waals surface area contributed by atoms with Crippen molar-refractivity contribution >= 4 is 24.0 Å². The van der Waals surface area contributed by atoms with Crippen LogP contribution in [0.5, 0.6) is 5.88 Å². The highest BCUT2D eigenvalue weighted by atomic mass is 35.5. The molecule has 2 aromatic heterocycles. The molecular formula is C21H24ClN5O3. The molecule has 1 fully saturated rings. The van der Waals surface area contributed by atoms with E-state index in [2.05, 4.69) is 20.7 Å². The lowest BCUT2D eigenvalue weighted by Crippen LogP contribution is -2.33. The Balaban J connectivity index is 0.00000256. The summed E-state index contributed by atoms with van der Waals surface area (Å²) in [5.41, 5.74) is 2.24. The molecule has 0 bridgehead atoms. The van der Waals surface area contributed by atoms with Gasteiger partial charge in [0.05, 0.1) is 31.1 Å². The molecule has 1 amide bonds. The van der Waals surface area contributed by atoms with Gasteiger partial charge in [0.15, 0.2) is 5.82 Å². The van der Waals surface area contributed by atoms with Gasteiger partial charge >= 0.3 is 0 Å². The number of pyridine rings is 1.